The number of carboxylic acid groups (broad SMARTS) is 2. The van der Waals surface area contributed by atoms with Gasteiger partial charge >= 0.3 is 24.0 Å². The van der Waals surface area contributed by atoms with Gasteiger partial charge in [0.25, 0.3) is 11.8 Å². The zero-order valence-electron chi connectivity index (χ0n) is 33.7. The van der Waals surface area contributed by atoms with Crippen molar-refractivity contribution in [2.45, 2.75) is 165 Å². The first-order valence-corrected chi connectivity index (χ1v) is 19.1. The normalized spacial score (nSPS) is 32.4. The highest BCUT2D eigenvalue weighted by Gasteiger charge is 2.66. The van der Waals surface area contributed by atoms with Crippen LogP contribution in [0, 0.1) is 10.8 Å². The van der Waals surface area contributed by atoms with E-state index in [1.54, 1.807) is 0 Å². The van der Waals surface area contributed by atoms with Crippen molar-refractivity contribution in [2.24, 2.45) is 10.8 Å². The molecule has 54 heavy (non-hydrogen) atoms. The standard InChI is InChI=1S/C38H62N6O10/c1-31(2)19-37(20-32(3,4)41(31)9)25(47)43(29(53)39-37)17-23(45)15-35(27(49)50)13-11-12-14-36(35,28(51)52)16-24(46)18-44-26(48)38(40-30(44)54)21-33(5,6)42(10)34(7,8)22-38/h23-24,45-46H,11-22H2,1-10H3,(H,39,53)(H,40,54)(H,49,50)(H,51,52). The van der Waals surface area contributed by atoms with Gasteiger partial charge in [0.2, 0.25) is 0 Å². The number of imide groups is 2. The number of β-amino-alcohol motifs (C(OH)–C–C–N with tert-alkyl or cyclic N) is 2. The molecule has 0 aromatic carbocycles. The average molecular weight is 763 g/mol. The molecule has 4 aliphatic heterocycles. The van der Waals surface area contributed by atoms with Gasteiger partial charge in [-0.3, -0.25) is 38.8 Å². The first-order chi connectivity index (χ1) is 24.5. The fraction of sp³-hybridized carbons (Fsp3) is 0.842. The van der Waals surface area contributed by atoms with E-state index in [1.807, 2.05) is 69.5 Å². The molecular weight excluding hydrogens is 700 g/mol. The SMILES string of the molecule is CN1C(C)(C)CC2(CC1(C)C)NC(=O)N(CC(O)CC1(C(=O)O)CCCCC1(CC(O)CN1C(=O)NC3(CC(C)(C)N(C)C(C)(C)C3)C1=O)C(=O)O)C2=O. The van der Waals surface area contributed by atoms with E-state index in [9.17, 15) is 49.2 Å². The number of amides is 6. The molecule has 5 fully saturated rings. The summed E-state index contributed by atoms with van der Waals surface area (Å²) in [4.78, 5) is 87.5. The van der Waals surface area contributed by atoms with Crippen LogP contribution in [0.5, 0.6) is 0 Å². The lowest BCUT2D eigenvalue weighted by Gasteiger charge is -2.56. The number of urea groups is 2. The Hall–Kier alpha value is -3.34. The van der Waals surface area contributed by atoms with Crippen LogP contribution in [0.1, 0.15) is 120 Å². The van der Waals surface area contributed by atoms with Crippen molar-refractivity contribution in [3.05, 3.63) is 0 Å². The van der Waals surface area contributed by atoms with E-state index < -0.39 is 118 Å². The monoisotopic (exact) mass is 762 g/mol. The summed E-state index contributed by atoms with van der Waals surface area (Å²) in [5.41, 5.74) is -8.61. The summed E-state index contributed by atoms with van der Waals surface area (Å²) in [6, 6.07) is -1.43. The van der Waals surface area contributed by atoms with Crippen LogP contribution in [0.25, 0.3) is 0 Å². The van der Waals surface area contributed by atoms with Gasteiger partial charge in [0, 0.05) is 22.2 Å². The second-order valence-electron chi connectivity index (χ2n) is 19.6. The van der Waals surface area contributed by atoms with Crippen LogP contribution in [-0.2, 0) is 19.2 Å². The molecule has 0 radical (unpaired) electrons. The summed E-state index contributed by atoms with van der Waals surface area (Å²) in [5.74, 6) is -4.05. The highest BCUT2D eigenvalue weighted by atomic mass is 16.4. The maximum atomic E-state index is 14.0. The summed E-state index contributed by atoms with van der Waals surface area (Å²) in [6.45, 7) is 14.7. The highest BCUT2D eigenvalue weighted by molar-refractivity contribution is 6.08. The summed E-state index contributed by atoms with van der Waals surface area (Å²) < 4.78 is 0. The number of nitrogens with one attached hydrogen (secondary N) is 2. The van der Waals surface area contributed by atoms with Crippen molar-refractivity contribution in [1.29, 1.82) is 0 Å². The number of aliphatic hydroxyl groups is 2. The summed E-state index contributed by atoms with van der Waals surface area (Å²) in [6.07, 6.45) is -2.89. The molecule has 16 heteroatoms. The number of aliphatic carboxylic acids is 2. The molecule has 0 aromatic heterocycles. The average Bonchev–Trinajstić information content (AvgIpc) is 3.36. The summed E-state index contributed by atoms with van der Waals surface area (Å²) in [5, 5.41) is 50.5. The molecule has 6 amide bonds. The Balaban J connectivity index is 1.37. The summed E-state index contributed by atoms with van der Waals surface area (Å²) >= 11 is 0. The zero-order valence-corrected chi connectivity index (χ0v) is 33.7. The number of likely N-dealkylation sites (tertiary alicyclic amines) is 2. The van der Waals surface area contributed by atoms with Crippen LogP contribution in [0.15, 0.2) is 0 Å². The largest absolute Gasteiger partial charge is 0.481 e. The van der Waals surface area contributed by atoms with E-state index in [1.165, 1.54) is 0 Å². The van der Waals surface area contributed by atoms with Crippen LogP contribution >= 0.6 is 0 Å². The van der Waals surface area contributed by atoms with E-state index in [2.05, 4.69) is 20.4 Å². The van der Waals surface area contributed by atoms with Crippen molar-refractivity contribution < 1.29 is 49.2 Å². The second kappa shape index (κ2) is 13.1. The molecule has 4 heterocycles. The van der Waals surface area contributed by atoms with Gasteiger partial charge in [0.1, 0.15) is 11.1 Å². The van der Waals surface area contributed by atoms with Gasteiger partial charge < -0.3 is 31.1 Å². The minimum absolute atomic E-state index is 0.152. The molecule has 6 N–H and O–H groups in total. The number of hydrogen-bond donors (Lipinski definition) is 6. The molecule has 1 aliphatic carbocycles. The fourth-order valence-corrected chi connectivity index (χ4v) is 11.4. The number of carboxylic acids is 2. The van der Waals surface area contributed by atoms with Crippen molar-refractivity contribution in [3.8, 4) is 0 Å². The fourth-order valence-electron chi connectivity index (χ4n) is 11.4. The summed E-state index contributed by atoms with van der Waals surface area (Å²) in [7, 11) is 3.92. The van der Waals surface area contributed by atoms with Crippen molar-refractivity contribution >= 4 is 35.8 Å². The molecule has 4 unspecified atom stereocenters. The Labute approximate surface area is 317 Å². The zero-order chi connectivity index (χ0) is 40.8. The molecule has 0 aromatic rings. The van der Waals surface area contributed by atoms with Gasteiger partial charge in [-0.15, -0.1) is 0 Å². The molecular formula is C38H62N6O10. The topological polar surface area (TPSA) is 220 Å². The van der Waals surface area contributed by atoms with Crippen molar-refractivity contribution in [3.63, 3.8) is 0 Å². The third kappa shape index (κ3) is 6.47. The number of nitrogens with zero attached hydrogens (tertiary/aromatic N) is 4. The number of rotatable bonds is 10. The molecule has 4 atom stereocenters. The Morgan fingerprint density at radius 2 is 0.870 bits per heavy atom. The van der Waals surface area contributed by atoms with Gasteiger partial charge in [-0.25, -0.2) is 9.59 Å². The van der Waals surface area contributed by atoms with E-state index >= 15 is 0 Å². The van der Waals surface area contributed by atoms with Gasteiger partial charge in [-0.2, -0.15) is 0 Å². The maximum absolute atomic E-state index is 14.0. The van der Waals surface area contributed by atoms with Crippen molar-refractivity contribution in [1.82, 2.24) is 30.2 Å². The molecule has 0 bridgehead atoms. The van der Waals surface area contributed by atoms with Gasteiger partial charge in [-0.1, -0.05) is 12.8 Å². The van der Waals surface area contributed by atoms with Crippen LogP contribution in [0.2, 0.25) is 0 Å². The van der Waals surface area contributed by atoms with Crippen LogP contribution in [-0.4, -0.2) is 148 Å². The minimum Gasteiger partial charge on any atom is -0.481 e. The van der Waals surface area contributed by atoms with Crippen molar-refractivity contribution in [2.75, 3.05) is 27.2 Å². The lowest BCUT2D eigenvalue weighted by molar-refractivity contribution is -0.188. The van der Waals surface area contributed by atoms with Gasteiger partial charge in [0.15, 0.2) is 0 Å². The Bertz CT molecular complexity index is 1460. The number of piperidine rings is 2. The van der Waals surface area contributed by atoms with E-state index in [-0.39, 0.29) is 12.8 Å². The predicted octanol–water partition coefficient (Wildman–Crippen LogP) is 2.35. The van der Waals surface area contributed by atoms with Crippen LogP contribution in [0.4, 0.5) is 9.59 Å². The number of carbonyl (C=O) groups is 6. The van der Waals surface area contributed by atoms with Gasteiger partial charge in [0.05, 0.1) is 36.1 Å². The number of hydrogen-bond acceptors (Lipinski definition) is 10. The second-order valence-corrected chi connectivity index (χ2v) is 19.6. The molecule has 304 valence electrons. The first kappa shape index (κ1) is 41.8. The Morgan fingerprint density at radius 1 is 0.593 bits per heavy atom. The number of aliphatic hydroxyl groups excluding tert-OH is 2. The maximum Gasteiger partial charge on any atom is 0.325 e. The molecule has 16 nitrogen and oxygen atoms in total. The minimum atomic E-state index is -2.12. The molecule has 4 saturated heterocycles. The predicted molar refractivity (Wildman–Crippen MR) is 196 cm³/mol. The number of carbonyl (C=O) groups excluding carboxylic acids is 4. The third-order valence-electron chi connectivity index (χ3n) is 14.2. The smallest absolute Gasteiger partial charge is 0.325 e. The molecule has 2 spiro atoms. The van der Waals surface area contributed by atoms with E-state index in [0.717, 1.165) is 9.80 Å². The van der Waals surface area contributed by atoms with E-state index in [0.29, 0.717) is 38.5 Å². The Kier molecular flexibility index (Phi) is 10.2. The molecule has 1 saturated carbocycles. The van der Waals surface area contributed by atoms with Crippen LogP contribution in [0.3, 0.4) is 0 Å². The molecule has 5 rings (SSSR count). The Morgan fingerprint density at radius 3 is 1.13 bits per heavy atom. The third-order valence-corrected chi connectivity index (χ3v) is 14.2. The van der Waals surface area contributed by atoms with Gasteiger partial charge in [-0.05, 0) is 121 Å². The van der Waals surface area contributed by atoms with E-state index in [4.69, 9.17) is 0 Å². The molecule has 5 aliphatic rings. The first-order valence-electron chi connectivity index (χ1n) is 19.1. The lowest BCUT2D eigenvalue weighted by atomic mass is 9.52. The lowest BCUT2D eigenvalue weighted by Crippen LogP contribution is -2.68. The van der Waals surface area contributed by atoms with Crippen LogP contribution < -0.4 is 10.6 Å². The highest BCUT2D eigenvalue weighted by Crippen LogP contribution is 2.57. The quantitative estimate of drug-likeness (QED) is 0.177.